The summed E-state index contributed by atoms with van der Waals surface area (Å²) < 4.78 is 0. The van der Waals surface area contributed by atoms with Crippen molar-refractivity contribution in [1.29, 1.82) is 0 Å². The summed E-state index contributed by atoms with van der Waals surface area (Å²) in [5, 5.41) is 2.75. The van der Waals surface area contributed by atoms with Crippen molar-refractivity contribution in [3.05, 3.63) is 29.3 Å². The highest BCUT2D eigenvalue weighted by atomic mass is 16.2. The number of nitrogens with one attached hydrogen (secondary N) is 1. The van der Waals surface area contributed by atoms with Crippen LogP contribution in [0.25, 0.3) is 0 Å². The number of benzene rings is 1. The van der Waals surface area contributed by atoms with Crippen LogP contribution in [0.1, 0.15) is 37.9 Å². The molecule has 1 aliphatic rings. The van der Waals surface area contributed by atoms with Gasteiger partial charge in [-0.25, -0.2) is 0 Å². The highest BCUT2D eigenvalue weighted by molar-refractivity contribution is 6.06. The second-order valence-electron chi connectivity index (χ2n) is 5.49. The molecule has 0 bridgehead atoms. The fourth-order valence-electron chi connectivity index (χ4n) is 2.57. The lowest BCUT2D eigenvalue weighted by atomic mass is 10.0. The van der Waals surface area contributed by atoms with Gasteiger partial charge in [0.25, 0.3) is 5.91 Å². The maximum atomic E-state index is 12.5. The van der Waals surface area contributed by atoms with Crippen LogP contribution in [0.2, 0.25) is 0 Å². The minimum absolute atomic E-state index is 0.0341. The van der Waals surface area contributed by atoms with E-state index in [1.54, 1.807) is 4.90 Å². The lowest BCUT2D eigenvalue weighted by molar-refractivity contribution is -0.126. The Labute approximate surface area is 113 Å². The minimum Gasteiger partial charge on any atom is -0.341 e. The van der Waals surface area contributed by atoms with Gasteiger partial charge in [0.2, 0.25) is 5.91 Å². The third-order valence-corrected chi connectivity index (χ3v) is 3.26. The van der Waals surface area contributed by atoms with Gasteiger partial charge in [0, 0.05) is 19.0 Å². The second-order valence-corrected chi connectivity index (χ2v) is 5.49. The Balaban J connectivity index is 2.45. The Kier molecular flexibility index (Phi) is 3.60. The van der Waals surface area contributed by atoms with Crippen molar-refractivity contribution in [2.75, 3.05) is 11.4 Å². The number of carbonyl (C=O) groups is 2. The number of anilines is 1. The Morgan fingerprint density at radius 3 is 2.68 bits per heavy atom. The molecular formula is C15H20N2O2. The predicted molar refractivity (Wildman–Crippen MR) is 74.9 cm³/mol. The van der Waals surface area contributed by atoms with E-state index in [0.29, 0.717) is 12.5 Å². The number of nitrogens with zero attached hydrogens (tertiary/aromatic N) is 1. The number of fused-ring (bicyclic) bond motifs is 1. The van der Waals surface area contributed by atoms with E-state index in [4.69, 9.17) is 0 Å². The van der Waals surface area contributed by atoms with Crippen LogP contribution < -0.4 is 10.2 Å². The summed E-state index contributed by atoms with van der Waals surface area (Å²) in [5.41, 5.74) is 2.93. The van der Waals surface area contributed by atoms with E-state index in [2.05, 4.69) is 19.2 Å². The minimum atomic E-state index is -0.536. The lowest BCUT2D eigenvalue weighted by Gasteiger charge is -2.21. The first-order valence-electron chi connectivity index (χ1n) is 6.59. The molecule has 1 heterocycles. The summed E-state index contributed by atoms with van der Waals surface area (Å²) >= 11 is 0. The van der Waals surface area contributed by atoms with Gasteiger partial charge in [-0.2, -0.15) is 0 Å². The van der Waals surface area contributed by atoms with E-state index in [1.807, 2.05) is 25.1 Å². The summed E-state index contributed by atoms with van der Waals surface area (Å²) in [6, 6.07) is 5.30. The molecule has 4 heteroatoms. The van der Waals surface area contributed by atoms with E-state index < -0.39 is 6.04 Å². The van der Waals surface area contributed by atoms with Crippen molar-refractivity contribution in [2.45, 2.75) is 33.7 Å². The zero-order valence-corrected chi connectivity index (χ0v) is 11.9. The largest absolute Gasteiger partial charge is 0.341 e. The van der Waals surface area contributed by atoms with Crippen molar-refractivity contribution in [2.24, 2.45) is 5.92 Å². The lowest BCUT2D eigenvalue weighted by Crippen LogP contribution is -2.38. The molecule has 0 saturated heterocycles. The zero-order valence-electron chi connectivity index (χ0n) is 11.9. The Bertz CT molecular complexity index is 523. The molecule has 2 rings (SSSR count). The molecule has 0 saturated carbocycles. The zero-order chi connectivity index (χ0) is 14.2. The maximum Gasteiger partial charge on any atom is 0.254 e. The first kappa shape index (κ1) is 13.6. The second kappa shape index (κ2) is 5.03. The van der Waals surface area contributed by atoms with E-state index in [1.165, 1.54) is 6.92 Å². The number of carbonyl (C=O) groups excluding carboxylic acids is 2. The number of amides is 2. The molecule has 1 aromatic rings. The highest BCUT2D eigenvalue weighted by Crippen LogP contribution is 2.38. The Morgan fingerprint density at radius 2 is 2.11 bits per heavy atom. The molecule has 1 unspecified atom stereocenters. The van der Waals surface area contributed by atoms with Crippen LogP contribution in [0.4, 0.5) is 5.69 Å². The van der Waals surface area contributed by atoms with Crippen LogP contribution in [-0.4, -0.2) is 18.4 Å². The average molecular weight is 260 g/mol. The van der Waals surface area contributed by atoms with Crippen LogP contribution in [0, 0.1) is 12.8 Å². The quantitative estimate of drug-likeness (QED) is 0.905. The van der Waals surface area contributed by atoms with Crippen molar-refractivity contribution < 1.29 is 9.59 Å². The molecule has 1 aliphatic heterocycles. The van der Waals surface area contributed by atoms with Gasteiger partial charge in [0.05, 0.1) is 5.69 Å². The Morgan fingerprint density at radius 1 is 1.42 bits per heavy atom. The van der Waals surface area contributed by atoms with Crippen LogP contribution in [0.5, 0.6) is 0 Å². The van der Waals surface area contributed by atoms with E-state index in [-0.39, 0.29) is 11.8 Å². The number of hydrogen-bond acceptors (Lipinski definition) is 2. The average Bonchev–Trinajstić information content (AvgIpc) is 2.55. The molecule has 1 N–H and O–H groups in total. The van der Waals surface area contributed by atoms with Gasteiger partial charge in [-0.15, -0.1) is 0 Å². The van der Waals surface area contributed by atoms with E-state index in [0.717, 1.165) is 16.8 Å². The molecule has 19 heavy (non-hydrogen) atoms. The molecule has 2 amide bonds. The normalized spacial score (nSPS) is 17.8. The third-order valence-electron chi connectivity index (χ3n) is 3.26. The van der Waals surface area contributed by atoms with Gasteiger partial charge in [0.15, 0.2) is 0 Å². The van der Waals surface area contributed by atoms with Gasteiger partial charge in [0.1, 0.15) is 6.04 Å². The number of aryl methyl sites for hydroxylation is 1. The van der Waals surface area contributed by atoms with Gasteiger partial charge in [-0.3, -0.25) is 9.59 Å². The monoisotopic (exact) mass is 260 g/mol. The van der Waals surface area contributed by atoms with Crippen LogP contribution in [0.3, 0.4) is 0 Å². The van der Waals surface area contributed by atoms with Crippen molar-refractivity contribution in [3.8, 4) is 0 Å². The summed E-state index contributed by atoms with van der Waals surface area (Å²) in [7, 11) is 0. The molecule has 0 fully saturated rings. The SMILES string of the molecule is CC(=O)NC1C(=O)N(CC(C)C)c2c(C)cccc21. The molecule has 1 aromatic carbocycles. The number of hydrogen-bond donors (Lipinski definition) is 1. The standard InChI is InChI=1S/C15H20N2O2/c1-9(2)8-17-14-10(3)6-5-7-12(14)13(15(17)19)16-11(4)18/h5-7,9,13H,8H2,1-4H3,(H,16,18). The summed E-state index contributed by atoms with van der Waals surface area (Å²) in [6.07, 6.45) is 0. The summed E-state index contributed by atoms with van der Waals surface area (Å²) in [5.74, 6) is 0.165. The molecule has 0 spiro atoms. The molecule has 4 nitrogen and oxygen atoms in total. The van der Waals surface area contributed by atoms with Crippen LogP contribution >= 0.6 is 0 Å². The topological polar surface area (TPSA) is 49.4 Å². The van der Waals surface area contributed by atoms with Gasteiger partial charge < -0.3 is 10.2 Å². The van der Waals surface area contributed by atoms with E-state index in [9.17, 15) is 9.59 Å². The summed E-state index contributed by atoms with van der Waals surface area (Å²) in [6.45, 7) is 8.27. The highest BCUT2D eigenvalue weighted by Gasteiger charge is 2.38. The third kappa shape index (κ3) is 2.48. The maximum absolute atomic E-state index is 12.5. The first-order chi connectivity index (χ1) is 8.91. The fourth-order valence-corrected chi connectivity index (χ4v) is 2.57. The van der Waals surface area contributed by atoms with Crippen molar-refractivity contribution in [1.82, 2.24) is 5.32 Å². The summed E-state index contributed by atoms with van der Waals surface area (Å²) in [4.78, 5) is 25.6. The fraction of sp³-hybridized carbons (Fsp3) is 0.467. The molecule has 0 aliphatic carbocycles. The molecule has 0 radical (unpaired) electrons. The van der Waals surface area contributed by atoms with Crippen molar-refractivity contribution >= 4 is 17.5 Å². The smallest absolute Gasteiger partial charge is 0.254 e. The first-order valence-corrected chi connectivity index (χ1v) is 6.59. The predicted octanol–water partition coefficient (Wildman–Crippen LogP) is 2.17. The Hall–Kier alpha value is -1.84. The van der Waals surface area contributed by atoms with Gasteiger partial charge >= 0.3 is 0 Å². The number of rotatable bonds is 3. The molecule has 1 atom stereocenters. The number of para-hydroxylation sites is 1. The van der Waals surface area contributed by atoms with Crippen molar-refractivity contribution in [3.63, 3.8) is 0 Å². The van der Waals surface area contributed by atoms with Crippen LogP contribution in [0.15, 0.2) is 18.2 Å². The molecule has 102 valence electrons. The van der Waals surface area contributed by atoms with Gasteiger partial charge in [-0.1, -0.05) is 32.0 Å². The molecule has 0 aromatic heterocycles. The van der Waals surface area contributed by atoms with Crippen LogP contribution in [-0.2, 0) is 9.59 Å². The van der Waals surface area contributed by atoms with E-state index >= 15 is 0 Å². The molecular weight excluding hydrogens is 240 g/mol. The van der Waals surface area contributed by atoms with Gasteiger partial charge in [-0.05, 0) is 18.4 Å².